The van der Waals surface area contributed by atoms with Crippen molar-refractivity contribution in [3.05, 3.63) is 28.8 Å². The molecular weight excluding hydrogens is 301 g/mol. The summed E-state index contributed by atoms with van der Waals surface area (Å²) in [6.07, 6.45) is -1.29. The quantitative estimate of drug-likeness (QED) is 0.888. The number of nitrogens with zero attached hydrogens (tertiary/aromatic N) is 1. The Morgan fingerprint density at radius 1 is 1.38 bits per heavy atom. The van der Waals surface area contributed by atoms with E-state index in [0.717, 1.165) is 44.5 Å². The molecule has 1 N–H and O–H groups in total. The third kappa shape index (κ3) is 4.27. The van der Waals surface area contributed by atoms with Crippen molar-refractivity contribution in [2.45, 2.75) is 38.4 Å². The number of halogens is 4. The molecule has 1 aliphatic rings. The second-order valence-corrected chi connectivity index (χ2v) is 5.81. The normalized spacial score (nSPS) is 19.9. The zero-order valence-electron chi connectivity index (χ0n) is 12.0. The van der Waals surface area contributed by atoms with Crippen LogP contribution in [-0.2, 0) is 6.18 Å². The molecule has 0 aromatic heterocycles. The van der Waals surface area contributed by atoms with E-state index in [4.69, 9.17) is 11.6 Å². The van der Waals surface area contributed by atoms with Crippen LogP contribution in [0, 0.1) is 0 Å². The first kappa shape index (κ1) is 16.4. The second kappa shape index (κ2) is 6.88. The summed E-state index contributed by atoms with van der Waals surface area (Å²) in [5.41, 5.74) is -0.167. The SMILES string of the molecule is CCCNC1CCCN(c2cc(C(F)(F)F)ccc2Cl)C1. The monoisotopic (exact) mass is 320 g/mol. The summed E-state index contributed by atoms with van der Waals surface area (Å²) in [7, 11) is 0. The van der Waals surface area contributed by atoms with Gasteiger partial charge in [-0.05, 0) is 44.0 Å². The summed E-state index contributed by atoms with van der Waals surface area (Å²) in [5, 5.41) is 3.80. The third-order valence-electron chi connectivity index (χ3n) is 3.72. The number of rotatable bonds is 4. The van der Waals surface area contributed by atoms with E-state index in [-0.39, 0.29) is 0 Å². The van der Waals surface area contributed by atoms with Crippen LogP contribution in [0.25, 0.3) is 0 Å². The largest absolute Gasteiger partial charge is 0.416 e. The molecule has 0 saturated carbocycles. The molecule has 1 fully saturated rings. The lowest BCUT2D eigenvalue weighted by Crippen LogP contribution is -2.46. The topological polar surface area (TPSA) is 15.3 Å². The predicted molar refractivity (Wildman–Crippen MR) is 80.0 cm³/mol. The van der Waals surface area contributed by atoms with Crippen molar-refractivity contribution in [3.8, 4) is 0 Å². The van der Waals surface area contributed by atoms with E-state index >= 15 is 0 Å². The van der Waals surface area contributed by atoms with Gasteiger partial charge in [-0.15, -0.1) is 0 Å². The number of piperidine rings is 1. The van der Waals surface area contributed by atoms with E-state index < -0.39 is 11.7 Å². The molecule has 1 heterocycles. The molecule has 118 valence electrons. The third-order valence-corrected chi connectivity index (χ3v) is 4.04. The average molecular weight is 321 g/mol. The Bertz CT molecular complexity index is 476. The van der Waals surface area contributed by atoms with Gasteiger partial charge in [0.2, 0.25) is 0 Å². The number of hydrogen-bond acceptors (Lipinski definition) is 2. The highest BCUT2D eigenvalue weighted by molar-refractivity contribution is 6.33. The fourth-order valence-corrected chi connectivity index (χ4v) is 2.88. The van der Waals surface area contributed by atoms with Crippen molar-refractivity contribution in [1.82, 2.24) is 5.32 Å². The maximum atomic E-state index is 12.8. The van der Waals surface area contributed by atoms with Crippen LogP contribution in [-0.4, -0.2) is 25.7 Å². The maximum Gasteiger partial charge on any atom is 0.416 e. The van der Waals surface area contributed by atoms with Crippen LogP contribution in [0.4, 0.5) is 18.9 Å². The molecule has 0 aliphatic carbocycles. The Balaban J connectivity index is 2.16. The highest BCUT2D eigenvalue weighted by Gasteiger charge is 2.32. The fraction of sp³-hybridized carbons (Fsp3) is 0.600. The van der Waals surface area contributed by atoms with Crippen molar-refractivity contribution >= 4 is 17.3 Å². The number of hydrogen-bond donors (Lipinski definition) is 1. The maximum absolute atomic E-state index is 12.8. The fourth-order valence-electron chi connectivity index (χ4n) is 2.64. The van der Waals surface area contributed by atoms with Crippen LogP contribution in [0.1, 0.15) is 31.7 Å². The zero-order valence-corrected chi connectivity index (χ0v) is 12.8. The van der Waals surface area contributed by atoms with Crippen LogP contribution in [0.15, 0.2) is 18.2 Å². The van der Waals surface area contributed by atoms with Gasteiger partial charge in [0.25, 0.3) is 0 Å². The molecule has 1 saturated heterocycles. The van der Waals surface area contributed by atoms with E-state index in [1.54, 1.807) is 0 Å². The second-order valence-electron chi connectivity index (χ2n) is 5.40. The van der Waals surface area contributed by atoms with Crippen LogP contribution in [0.5, 0.6) is 0 Å². The minimum Gasteiger partial charge on any atom is -0.369 e. The number of nitrogens with one attached hydrogen (secondary N) is 1. The Kier molecular flexibility index (Phi) is 5.38. The van der Waals surface area contributed by atoms with Crippen LogP contribution in [0.2, 0.25) is 5.02 Å². The van der Waals surface area contributed by atoms with Gasteiger partial charge in [-0.2, -0.15) is 13.2 Å². The van der Waals surface area contributed by atoms with Crippen molar-refractivity contribution in [1.29, 1.82) is 0 Å². The van der Waals surface area contributed by atoms with Gasteiger partial charge in [-0.3, -0.25) is 0 Å². The van der Waals surface area contributed by atoms with Gasteiger partial charge in [0, 0.05) is 19.1 Å². The average Bonchev–Trinajstić information content (AvgIpc) is 2.44. The van der Waals surface area contributed by atoms with Gasteiger partial charge >= 0.3 is 6.18 Å². The smallest absolute Gasteiger partial charge is 0.369 e. The molecule has 1 aromatic carbocycles. The summed E-state index contributed by atoms with van der Waals surface area (Å²) in [6.45, 7) is 4.46. The van der Waals surface area contributed by atoms with Gasteiger partial charge in [0.15, 0.2) is 0 Å². The summed E-state index contributed by atoms with van der Waals surface area (Å²) >= 11 is 6.10. The van der Waals surface area contributed by atoms with Crippen molar-refractivity contribution in [2.75, 3.05) is 24.5 Å². The lowest BCUT2D eigenvalue weighted by Gasteiger charge is -2.35. The first-order valence-electron chi connectivity index (χ1n) is 7.27. The highest BCUT2D eigenvalue weighted by atomic mass is 35.5. The Morgan fingerprint density at radius 2 is 2.14 bits per heavy atom. The van der Waals surface area contributed by atoms with Crippen molar-refractivity contribution < 1.29 is 13.2 Å². The molecule has 0 spiro atoms. The molecule has 0 amide bonds. The Labute approximate surface area is 128 Å². The standard InChI is InChI=1S/C15H20ClF3N2/c1-2-7-20-12-4-3-8-21(10-12)14-9-11(15(17,18)19)5-6-13(14)16/h5-6,9,12,20H,2-4,7-8,10H2,1H3. The molecular formula is C15H20ClF3N2. The summed E-state index contributed by atoms with van der Waals surface area (Å²) in [6, 6.07) is 3.83. The molecule has 1 unspecified atom stereocenters. The van der Waals surface area contributed by atoms with E-state index in [1.807, 2.05) is 4.90 Å². The molecule has 2 rings (SSSR count). The predicted octanol–water partition coefficient (Wildman–Crippen LogP) is 4.33. The van der Waals surface area contributed by atoms with Crippen LogP contribution >= 0.6 is 11.6 Å². The van der Waals surface area contributed by atoms with Gasteiger partial charge in [0.05, 0.1) is 16.3 Å². The summed E-state index contributed by atoms with van der Waals surface area (Å²) < 4.78 is 38.5. The van der Waals surface area contributed by atoms with E-state index in [9.17, 15) is 13.2 Å². The molecule has 0 radical (unpaired) electrons. The lowest BCUT2D eigenvalue weighted by molar-refractivity contribution is -0.137. The van der Waals surface area contributed by atoms with Gasteiger partial charge < -0.3 is 10.2 Å². The summed E-state index contributed by atoms with van der Waals surface area (Å²) in [4.78, 5) is 1.95. The molecule has 1 aromatic rings. The first-order valence-corrected chi connectivity index (χ1v) is 7.64. The minimum absolute atomic E-state index is 0.310. The van der Waals surface area contributed by atoms with Gasteiger partial charge in [0.1, 0.15) is 0 Å². The molecule has 21 heavy (non-hydrogen) atoms. The highest BCUT2D eigenvalue weighted by Crippen LogP contribution is 2.36. The number of benzene rings is 1. The minimum atomic E-state index is -4.34. The van der Waals surface area contributed by atoms with E-state index in [2.05, 4.69) is 12.2 Å². The Morgan fingerprint density at radius 3 is 2.81 bits per heavy atom. The molecule has 1 atom stereocenters. The van der Waals surface area contributed by atoms with E-state index in [1.165, 1.54) is 6.07 Å². The molecule has 1 aliphatic heterocycles. The zero-order chi connectivity index (χ0) is 15.5. The molecule has 6 heteroatoms. The van der Waals surface area contributed by atoms with Crippen molar-refractivity contribution in [3.63, 3.8) is 0 Å². The first-order chi connectivity index (χ1) is 9.91. The van der Waals surface area contributed by atoms with E-state index in [0.29, 0.717) is 23.3 Å². The molecule has 0 bridgehead atoms. The Hall–Kier alpha value is -0.940. The van der Waals surface area contributed by atoms with Crippen LogP contribution < -0.4 is 10.2 Å². The number of anilines is 1. The van der Waals surface area contributed by atoms with Crippen LogP contribution in [0.3, 0.4) is 0 Å². The van der Waals surface area contributed by atoms with Gasteiger partial charge in [-0.25, -0.2) is 0 Å². The number of alkyl halides is 3. The van der Waals surface area contributed by atoms with Gasteiger partial charge in [-0.1, -0.05) is 18.5 Å². The summed E-state index contributed by atoms with van der Waals surface area (Å²) in [5.74, 6) is 0. The lowest BCUT2D eigenvalue weighted by atomic mass is 10.0. The molecule has 2 nitrogen and oxygen atoms in total. The van der Waals surface area contributed by atoms with Crippen molar-refractivity contribution in [2.24, 2.45) is 0 Å².